The molecule has 1 aliphatic carbocycles. The Balaban J connectivity index is 1.33. The molecule has 2 aliphatic rings. The first-order valence-corrected chi connectivity index (χ1v) is 15.0. The lowest BCUT2D eigenvalue weighted by Crippen LogP contribution is -2.53. The second kappa shape index (κ2) is 11.8. The predicted octanol–water partition coefficient (Wildman–Crippen LogP) is 4.29. The molecule has 0 spiro atoms. The molecule has 0 unspecified atom stereocenters. The number of carbonyl (C=O) groups is 1. The van der Waals surface area contributed by atoms with Crippen molar-refractivity contribution in [3.8, 4) is 11.5 Å². The van der Waals surface area contributed by atoms with E-state index in [0.717, 1.165) is 38.0 Å². The van der Waals surface area contributed by atoms with Gasteiger partial charge in [0.15, 0.2) is 0 Å². The summed E-state index contributed by atoms with van der Waals surface area (Å²) in [4.78, 5) is 14.1. The summed E-state index contributed by atoms with van der Waals surface area (Å²) >= 11 is 0. The maximum Gasteiger partial charge on any atom is 0.249 e. The summed E-state index contributed by atoms with van der Waals surface area (Å²) in [6.45, 7) is 2.79. The summed E-state index contributed by atoms with van der Waals surface area (Å²) < 4.78 is 38.0. The number of primary amides is 1. The van der Waals surface area contributed by atoms with E-state index in [-0.39, 0.29) is 0 Å². The van der Waals surface area contributed by atoms with E-state index in [4.69, 9.17) is 15.2 Å². The quantitative estimate of drug-likeness (QED) is 0.493. The van der Waals surface area contributed by atoms with Crippen molar-refractivity contribution in [1.29, 1.82) is 0 Å². The maximum absolute atomic E-state index is 12.5. The first-order chi connectivity index (χ1) is 17.7. The first-order valence-electron chi connectivity index (χ1n) is 13.1. The van der Waals surface area contributed by atoms with Crippen molar-refractivity contribution in [2.24, 2.45) is 11.7 Å². The molecule has 1 heterocycles. The Morgan fingerprint density at radius 3 is 2.08 bits per heavy atom. The molecule has 1 saturated carbocycles. The number of amides is 1. The number of nitrogens with two attached hydrogens (primary N) is 1. The van der Waals surface area contributed by atoms with Crippen LogP contribution in [0.5, 0.6) is 11.5 Å². The van der Waals surface area contributed by atoms with Crippen LogP contribution in [0.15, 0.2) is 48.5 Å². The molecular formula is C28H39N3O5S. The third-order valence-electron chi connectivity index (χ3n) is 7.74. The van der Waals surface area contributed by atoms with E-state index in [9.17, 15) is 13.2 Å². The monoisotopic (exact) mass is 529 g/mol. The number of carbonyl (C=O) groups excluding carboxylic acids is 1. The van der Waals surface area contributed by atoms with E-state index in [2.05, 4.69) is 4.90 Å². The topological polar surface area (TPSA) is 102 Å². The van der Waals surface area contributed by atoms with Gasteiger partial charge < -0.3 is 15.2 Å². The zero-order valence-corrected chi connectivity index (χ0v) is 22.7. The zero-order valence-electron chi connectivity index (χ0n) is 21.9. The van der Waals surface area contributed by atoms with Crippen LogP contribution < -0.4 is 14.8 Å². The van der Waals surface area contributed by atoms with Gasteiger partial charge in [-0.15, -0.1) is 0 Å². The van der Waals surface area contributed by atoms with Gasteiger partial charge in [-0.25, -0.2) is 8.42 Å². The number of rotatable bonds is 10. The van der Waals surface area contributed by atoms with Gasteiger partial charge in [-0.3, -0.25) is 14.0 Å². The number of anilines is 1. The van der Waals surface area contributed by atoms with Crippen molar-refractivity contribution in [3.05, 3.63) is 54.1 Å². The fourth-order valence-electron chi connectivity index (χ4n) is 5.40. The number of piperidine rings is 1. The van der Waals surface area contributed by atoms with Crippen molar-refractivity contribution >= 4 is 21.6 Å². The Bertz CT molecular complexity index is 1140. The van der Waals surface area contributed by atoms with Crippen LogP contribution in [-0.4, -0.2) is 57.8 Å². The molecule has 0 atom stereocenters. The van der Waals surface area contributed by atoms with Crippen LogP contribution >= 0.6 is 0 Å². The predicted molar refractivity (Wildman–Crippen MR) is 145 cm³/mol. The van der Waals surface area contributed by atoms with E-state index >= 15 is 0 Å². The van der Waals surface area contributed by atoms with Gasteiger partial charge in [0.2, 0.25) is 15.9 Å². The lowest BCUT2D eigenvalue weighted by Gasteiger charge is -2.38. The fraction of sp³-hybridized carbons (Fsp3) is 0.536. The van der Waals surface area contributed by atoms with E-state index < -0.39 is 21.5 Å². The normalized spacial score (nSPS) is 18.9. The summed E-state index contributed by atoms with van der Waals surface area (Å²) in [6.07, 6.45) is 8.22. The summed E-state index contributed by atoms with van der Waals surface area (Å²) in [7, 11) is -1.81. The van der Waals surface area contributed by atoms with Gasteiger partial charge in [-0.1, -0.05) is 31.4 Å². The van der Waals surface area contributed by atoms with E-state index in [0.29, 0.717) is 42.5 Å². The van der Waals surface area contributed by atoms with Crippen molar-refractivity contribution in [3.63, 3.8) is 0 Å². The highest BCUT2D eigenvalue weighted by Crippen LogP contribution is 2.31. The Hall–Kier alpha value is -2.62. The molecule has 9 heteroatoms. The van der Waals surface area contributed by atoms with Crippen LogP contribution in [0.25, 0.3) is 0 Å². The fourth-order valence-corrected chi connectivity index (χ4v) is 6.38. The van der Waals surface area contributed by atoms with Crippen LogP contribution in [0.1, 0.15) is 50.5 Å². The average Bonchev–Trinajstić information content (AvgIpc) is 2.89. The molecule has 202 valence electrons. The highest BCUT2D eigenvalue weighted by atomic mass is 32.2. The van der Waals surface area contributed by atoms with Crippen molar-refractivity contribution in [1.82, 2.24) is 4.90 Å². The Morgan fingerprint density at radius 2 is 1.57 bits per heavy atom. The summed E-state index contributed by atoms with van der Waals surface area (Å²) in [5.74, 6) is 1.39. The number of methoxy groups -OCH3 is 1. The number of likely N-dealkylation sites (tertiary alicyclic amines) is 1. The molecule has 1 amide bonds. The van der Waals surface area contributed by atoms with Crippen molar-refractivity contribution in [2.45, 2.75) is 57.1 Å². The molecule has 0 radical (unpaired) electrons. The van der Waals surface area contributed by atoms with Gasteiger partial charge >= 0.3 is 0 Å². The van der Waals surface area contributed by atoms with Crippen molar-refractivity contribution in [2.75, 3.05) is 37.3 Å². The molecule has 0 aromatic heterocycles. The number of hydrogen-bond acceptors (Lipinski definition) is 6. The highest BCUT2D eigenvalue weighted by molar-refractivity contribution is 7.92. The molecule has 1 aliphatic heterocycles. The molecule has 2 aromatic rings. The second-order valence-corrected chi connectivity index (χ2v) is 12.3. The minimum Gasteiger partial charge on any atom is -0.457 e. The van der Waals surface area contributed by atoms with Crippen molar-refractivity contribution < 1.29 is 22.7 Å². The van der Waals surface area contributed by atoms with Gasteiger partial charge in [0.05, 0.1) is 11.9 Å². The number of nitrogens with zero attached hydrogens (tertiary/aromatic N) is 2. The molecule has 8 nitrogen and oxygen atoms in total. The zero-order chi connectivity index (χ0) is 26.5. The SMILES string of the molecule is COC1(C(N)=O)CCN(Cc2ccc(Oc3ccc(N(CC4CCCCC4)S(C)(=O)=O)cc3)cc2)CC1. The largest absolute Gasteiger partial charge is 0.457 e. The molecule has 37 heavy (non-hydrogen) atoms. The van der Waals surface area contributed by atoms with Gasteiger partial charge in [-0.05, 0) is 73.6 Å². The van der Waals surface area contributed by atoms with Crippen LogP contribution in [-0.2, 0) is 26.1 Å². The van der Waals surface area contributed by atoms with E-state index in [1.54, 1.807) is 7.11 Å². The number of ether oxygens (including phenoxy) is 2. The van der Waals surface area contributed by atoms with Gasteiger partial charge in [0.25, 0.3) is 0 Å². The number of sulfonamides is 1. The van der Waals surface area contributed by atoms with Gasteiger partial charge in [0.1, 0.15) is 17.1 Å². The number of hydrogen-bond donors (Lipinski definition) is 1. The van der Waals surface area contributed by atoms with Crippen LogP contribution in [0.2, 0.25) is 0 Å². The van der Waals surface area contributed by atoms with Gasteiger partial charge in [0, 0.05) is 33.3 Å². The lowest BCUT2D eigenvalue weighted by molar-refractivity contribution is -0.146. The smallest absolute Gasteiger partial charge is 0.249 e. The van der Waals surface area contributed by atoms with Gasteiger partial charge in [-0.2, -0.15) is 0 Å². The average molecular weight is 530 g/mol. The second-order valence-electron chi connectivity index (χ2n) is 10.4. The molecule has 2 fully saturated rings. The minimum atomic E-state index is -3.36. The van der Waals surface area contributed by atoms with Crippen LogP contribution in [0.4, 0.5) is 5.69 Å². The molecule has 4 rings (SSSR count). The standard InChI is InChI=1S/C28H39N3O5S/c1-35-28(27(29)32)16-18-30(19-17-28)20-23-8-12-25(13-9-23)36-26-14-10-24(11-15-26)31(37(2,33)34)21-22-6-4-3-5-7-22/h8-15,22H,3-7,16-21H2,1-2H3,(H2,29,32). The highest BCUT2D eigenvalue weighted by Gasteiger charge is 2.39. The number of benzene rings is 2. The molecule has 1 saturated heterocycles. The Kier molecular flexibility index (Phi) is 8.77. The maximum atomic E-state index is 12.5. The Morgan fingerprint density at radius 1 is 1.00 bits per heavy atom. The first kappa shape index (κ1) is 27.4. The summed E-state index contributed by atoms with van der Waals surface area (Å²) in [5.41, 5.74) is 6.52. The Labute approximate surface area is 220 Å². The van der Waals surface area contributed by atoms with Crippen LogP contribution in [0, 0.1) is 5.92 Å². The molecule has 2 aromatic carbocycles. The minimum absolute atomic E-state index is 0.391. The molecular weight excluding hydrogens is 490 g/mol. The van der Waals surface area contributed by atoms with Crippen LogP contribution in [0.3, 0.4) is 0 Å². The van der Waals surface area contributed by atoms with E-state index in [1.165, 1.54) is 29.8 Å². The summed E-state index contributed by atoms with van der Waals surface area (Å²) in [5, 5.41) is 0. The van der Waals surface area contributed by atoms with E-state index in [1.807, 2.05) is 48.5 Å². The lowest BCUT2D eigenvalue weighted by atomic mass is 9.89. The molecule has 2 N–H and O–H groups in total. The summed E-state index contributed by atoms with van der Waals surface area (Å²) in [6, 6.07) is 15.2. The third kappa shape index (κ3) is 7.03. The third-order valence-corrected chi connectivity index (χ3v) is 8.90. The molecule has 0 bridgehead atoms.